The highest BCUT2D eigenvalue weighted by Crippen LogP contribution is 2.21. The van der Waals surface area contributed by atoms with Gasteiger partial charge in [0, 0.05) is 6.07 Å². The number of ketones is 1. The predicted octanol–water partition coefficient (Wildman–Crippen LogP) is 2.78. The van der Waals surface area contributed by atoms with E-state index in [0.29, 0.717) is 0 Å². The Hall–Kier alpha value is -3.29. The molecule has 124 valence electrons. The van der Waals surface area contributed by atoms with Crippen LogP contribution in [0.4, 0.5) is 10.1 Å². The number of hydrogen-bond donors (Lipinski definition) is 0. The number of halogens is 1. The summed E-state index contributed by atoms with van der Waals surface area (Å²) >= 11 is 0. The number of benzene rings is 2. The van der Waals surface area contributed by atoms with E-state index < -0.39 is 34.8 Å². The van der Waals surface area contributed by atoms with Gasteiger partial charge < -0.3 is 9.47 Å². The molecule has 2 rings (SSSR count). The molecular weight excluding hydrogens is 321 g/mol. The van der Waals surface area contributed by atoms with Crippen LogP contribution in [0.15, 0.2) is 42.5 Å². The van der Waals surface area contributed by atoms with Gasteiger partial charge in [0.25, 0.3) is 5.69 Å². The SMILES string of the molecule is COc1ccc(F)cc1C(=O)COC(=O)c1ccccc1[N+](=O)[O-]. The molecule has 0 radical (unpaired) electrons. The van der Waals surface area contributed by atoms with Gasteiger partial charge in [-0.15, -0.1) is 0 Å². The molecule has 2 aromatic carbocycles. The quantitative estimate of drug-likeness (QED) is 0.349. The molecule has 0 N–H and O–H groups in total. The minimum atomic E-state index is -1.02. The summed E-state index contributed by atoms with van der Waals surface area (Å²) in [4.78, 5) is 34.2. The second-order valence-electron chi connectivity index (χ2n) is 4.62. The van der Waals surface area contributed by atoms with E-state index in [1.54, 1.807) is 0 Å². The number of para-hydroxylation sites is 1. The average molecular weight is 333 g/mol. The van der Waals surface area contributed by atoms with Crippen molar-refractivity contribution >= 4 is 17.4 Å². The Morgan fingerprint density at radius 1 is 1.17 bits per heavy atom. The molecule has 0 bridgehead atoms. The van der Waals surface area contributed by atoms with Crippen molar-refractivity contribution in [2.24, 2.45) is 0 Å². The van der Waals surface area contributed by atoms with Crippen LogP contribution in [0.25, 0.3) is 0 Å². The van der Waals surface area contributed by atoms with Crippen LogP contribution in [-0.4, -0.2) is 30.4 Å². The average Bonchev–Trinajstić information content (AvgIpc) is 2.59. The standard InChI is InChI=1S/C16H12FNO6/c1-23-15-7-6-10(17)8-12(15)14(19)9-24-16(20)11-4-2-3-5-13(11)18(21)22/h2-8H,9H2,1H3. The van der Waals surface area contributed by atoms with Crippen molar-refractivity contribution in [2.75, 3.05) is 13.7 Å². The van der Waals surface area contributed by atoms with Crippen molar-refractivity contribution in [3.63, 3.8) is 0 Å². The maximum absolute atomic E-state index is 13.3. The van der Waals surface area contributed by atoms with Gasteiger partial charge in [0.05, 0.1) is 17.6 Å². The lowest BCUT2D eigenvalue weighted by Gasteiger charge is -2.08. The molecule has 0 spiro atoms. The first-order valence-electron chi connectivity index (χ1n) is 6.71. The summed E-state index contributed by atoms with van der Waals surface area (Å²) in [6, 6.07) is 8.54. The van der Waals surface area contributed by atoms with Crippen molar-refractivity contribution in [1.29, 1.82) is 0 Å². The molecule has 2 aromatic rings. The van der Waals surface area contributed by atoms with Gasteiger partial charge in [-0.2, -0.15) is 0 Å². The molecule has 24 heavy (non-hydrogen) atoms. The van der Waals surface area contributed by atoms with E-state index >= 15 is 0 Å². The Labute approximate surface area is 135 Å². The fraction of sp³-hybridized carbons (Fsp3) is 0.125. The van der Waals surface area contributed by atoms with Gasteiger partial charge in [-0.25, -0.2) is 9.18 Å². The highest BCUT2D eigenvalue weighted by Gasteiger charge is 2.22. The number of hydrogen-bond acceptors (Lipinski definition) is 6. The monoisotopic (exact) mass is 333 g/mol. The first kappa shape index (κ1) is 17.1. The number of rotatable bonds is 6. The lowest BCUT2D eigenvalue weighted by Crippen LogP contribution is -2.16. The third kappa shape index (κ3) is 3.72. The van der Waals surface area contributed by atoms with E-state index in [9.17, 15) is 24.1 Å². The molecule has 0 amide bonds. The van der Waals surface area contributed by atoms with Crippen molar-refractivity contribution in [2.45, 2.75) is 0 Å². The number of nitro groups is 1. The third-order valence-electron chi connectivity index (χ3n) is 3.12. The van der Waals surface area contributed by atoms with Gasteiger partial charge in [-0.05, 0) is 24.3 Å². The van der Waals surface area contributed by atoms with E-state index in [-0.39, 0.29) is 16.9 Å². The molecule has 8 heteroatoms. The summed E-state index contributed by atoms with van der Waals surface area (Å²) in [5.74, 6) is -2.24. The van der Waals surface area contributed by atoms with Gasteiger partial charge in [-0.3, -0.25) is 14.9 Å². The van der Waals surface area contributed by atoms with E-state index in [2.05, 4.69) is 0 Å². The van der Waals surface area contributed by atoms with Crippen LogP contribution in [0.3, 0.4) is 0 Å². The topological polar surface area (TPSA) is 95.7 Å². The van der Waals surface area contributed by atoms with E-state index in [1.165, 1.54) is 31.4 Å². The summed E-state index contributed by atoms with van der Waals surface area (Å²) in [5.41, 5.74) is -0.798. The van der Waals surface area contributed by atoms with Crippen LogP contribution in [0.2, 0.25) is 0 Å². The fourth-order valence-electron chi connectivity index (χ4n) is 1.99. The number of methoxy groups -OCH3 is 1. The number of nitrogens with zero attached hydrogens (tertiary/aromatic N) is 1. The van der Waals surface area contributed by atoms with Gasteiger partial charge in [-0.1, -0.05) is 12.1 Å². The van der Waals surface area contributed by atoms with Crippen molar-refractivity contribution in [3.8, 4) is 5.75 Å². The van der Waals surface area contributed by atoms with Gasteiger partial charge in [0.2, 0.25) is 5.78 Å². The summed E-state index contributed by atoms with van der Waals surface area (Å²) in [5, 5.41) is 10.9. The van der Waals surface area contributed by atoms with E-state index in [0.717, 1.165) is 18.2 Å². The second kappa shape index (κ2) is 7.32. The van der Waals surface area contributed by atoms with Crippen LogP contribution >= 0.6 is 0 Å². The minimum Gasteiger partial charge on any atom is -0.496 e. The Bertz CT molecular complexity index is 805. The third-order valence-corrected chi connectivity index (χ3v) is 3.12. The molecule has 0 fully saturated rings. The first-order valence-corrected chi connectivity index (χ1v) is 6.71. The zero-order valence-corrected chi connectivity index (χ0v) is 12.5. The molecule has 0 saturated carbocycles. The Balaban J connectivity index is 2.14. The largest absolute Gasteiger partial charge is 0.496 e. The van der Waals surface area contributed by atoms with Gasteiger partial charge in [0.1, 0.15) is 17.1 Å². The summed E-state index contributed by atoms with van der Waals surface area (Å²) < 4.78 is 23.0. The van der Waals surface area contributed by atoms with Gasteiger partial charge >= 0.3 is 5.97 Å². The lowest BCUT2D eigenvalue weighted by molar-refractivity contribution is -0.385. The molecule has 0 aliphatic rings. The Morgan fingerprint density at radius 3 is 2.54 bits per heavy atom. The summed E-state index contributed by atoms with van der Waals surface area (Å²) in [6.45, 7) is -0.704. The molecule has 0 aromatic heterocycles. The first-order chi connectivity index (χ1) is 11.4. The van der Waals surface area contributed by atoms with Crippen LogP contribution in [0.5, 0.6) is 5.75 Å². The number of carbonyl (C=O) groups excluding carboxylic acids is 2. The molecular formula is C16H12FNO6. The maximum atomic E-state index is 13.3. The van der Waals surface area contributed by atoms with Crippen LogP contribution < -0.4 is 4.74 Å². The Kier molecular flexibility index (Phi) is 5.20. The number of Topliss-reactive ketones (excluding diaryl/α,β-unsaturated/α-hetero) is 1. The highest BCUT2D eigenvalue weighted by atomic mass is 19.1. The van der Waals surface area contributed by atoms with Crippen molar-refractivity contribution < 1.29 is 28.4 Å². The number of esters is 1. The predicted molar refractivity (Wildman–Crippen MR) is 80.7 cm³/mol. The maximum Gasteiger partial charge on any atom is 0.345 e. The Morgan fingerprint density at radius 2 is 1.88 bits per heavy atom. The molecule has 7 nitrogen and oxygen atoms in total. The molecule has 0 unspecified atom stereocenters. The van der Waals surface area contributed by atoms with E-state index in [1.807, 2.05) is 0 Å². The molecule has 0 saturated heterocycles. The van der Waals surface area contributed by atoms with Gasteiger partial charge in [0.15, 0.2) is 6.61 Å². The molecule has 0 aliphatic heterocycles. The zero-order valence-electron chi connectivity index (χ0n) is 12.5. The normalized spacial score (nSPS) is 10.1. The molecule has 0 heterocycles. The van der Waals surface area contributed by atoms with Crippen LogP contribution in [0.1, 0.15) is 20.7 Å². The molecule has 0 aliphatic carbocycles. The summed E-state index contributed by atoms with van der Waals surface area (Å²) in [7, 11) is 1.31. The number of nitro benzene ring substituents is 1. The van der Waals surface area contributed by atoms with Crippen LogP contribution in [0, 0.1) is 15.9 Å². The zero-order chi connectivity index (χ0) is 17.7. The van der Waals surface area contributed by atoms with Crippen molar-refractivity contribution in [3.05, 3.63) is 69.5 Å². The van der Waals surface area contributed by atoms with E-state index in [4.69, 9.17) is 9.47 Å². The lowest BCUT2D eigenvalue weighted by atomic mass is 10.1. The smallest absolute Gasteiger partial charge is 0.345 e. The second-order valence-corrected chi connectivity index (χ2v) is 4.62. The summed E-state index contributed by atoms with van der Waals surface area (Å²) in [6.07, 6.45) is 0. The molecule has 0 atom stereocenters. The van der Waals surface area contributed by atoms with Crippen LogP contribution in [-0.2, 0) is 4.74 Å². The highest BCUT2D eigenvalue weighted by molar-refractivity contribution is 6.02. The fourth-order valence-corrected chi connectivity index (χ4v) is 1.99. The van der Waals surface area contributed by atoms with Crippen molar-refractivity contribution in [1.82, 2.24) is 0 Å². The number of ether oxygens (including phenoxy) is 2. The number of carbonyl (C=O) groups is 2. The minimum absolute atomic E-state index is 0.0899.